The van der Waals surface area contributed by atoms with Crippen molar-refractivity contribution in [3.8, 4) is 5.75 Å². The predicted molar refractivity (Wildman–Crippen MR) is 63.7 cm³/mol. The molecule has 0 fully saturated rings. The van der Waals surface area contributed by atoms with Crippen molar-refractivity contribution in [2.75, 3.05) is 20.7 Å². The van der Waals surface area contributed by atoms with Gasteiger partial charge in [-0.2, -0.15) is 0 Å². The van der Waals surface area contributed by atoms with Crippen molar-refractivity contribution in [2.24, 2.45) is 0 Å². The van der Waals surface area contributed by atoms with Gasteiger partial charge in [-0.15, -0.1) is 0 Å². The lowest BCUT2D eigenvalue weighted by Gasteiger charge is -2.17. The highest BCUT2D eigenvalue weighted by Crippen LogP contribution is 2.25. The molecule has 0 unspecified atom stereocenters. The van der Waals surface area contributed by atoms with Gasteiger partial charge in [0.1, 0.15) is 5.75 Å². The number of amides is 1. The molecule has 0 atom stereocenters. The van der Waals surface area contributed by atoms with Gasteiger partial charge in [0.2, 0.25) is 0 Å². The van der Waals surface area contributed by atoms with Crippen LogP contribution in [0.15, 0.2) is 22.7 Å². The number of hydrogen-bond donors (Lipinski definition) is 0. The average molecular weight is 308 g/mol. The van der Waals surface area contributed by atoms with Crippen LogP contribution in [-0.2, 0) is 0 Å². The molecule has 6 heteroatoms. The minimum absolute atomic E-state index is 0.334. The average Bonchev–Trinajstić information content (AvgIpc) is 2.27. The van der Waals surface area contributed by atoms with Crippen molar-refractivity contribution in [2.45, 2.75) is 6.43 Å². The summed E-state index contributed by atoms with van der Waals surface area (Å²) in [6.07, 6.45) is -2.54. The maximum absolute atomic E-state index is 12.1. The Hall–Kier alpha value is -1.17. The van der Waals surface area contributed by atoms with E-state index >= 15 is 0 Å². The molecule has 0 spiro atoms. The molecular formula is C11H12BrF2NO2. The van der Waals surface area contributed by atoms with Crippen molar-refractivity contribution in [3.05, 3.63) is 28.2 Å². The van der Waals surface area contributed by atoms with E-state index in [1.165, 1.54) is 20.2 Å². The molecule has 3 nitrogen and oxygen atoms in total. The van der Waals surface area contributed by atoms with Crippen molar-refractivity contribution in [3.63, 3.8) is 0 Å². The Bertz CT molecular complexity index is 412. The molecule has 1 aromatic rings. The maximum Gasteiger partial charge on any atom is 0.255 e. The Morgan fingerprint density at radius 3 is 2.65 bits per heavy atom. The number of carbonyl (C=O) groups is 1. The van der Waals surface area contributed by atoms with Gasteiger partial charge in [0.25, 0.3) is 12.3 Å². The van der Waals surface area contributed by atoms with Gasteiger partial charge in [0.05, 0.1) is 18.1 Å². The van der Waals surface area contributed by atoms with Gasteiger partial charge in [-0.05, 0) is 34.1 Å². The Balaban J connectivity index is 2.86. The Labute approximate surface area is 106 Å². The van der Waals surface area contributed by atoms with Crippen molar-refractivity contribution in [1.82, 2.24) is 4.90 Å². The second kappa shape index (κ2) is 5.95. The van der Waals surface area contributed by atoms with Crippen LogP contribution in [0.25, 0.3) is 0 Å². The fraction of sp³-hybridized carbons (Fsp3) is 0.364. The third-order valence-electron chi connectivity index (χ3n) is 2.16. The third kappa shape index (κ3) is 3.66. The molecule has 1 aromatic carbocycles. The number of methoxy groups -OCH3 is 1. The lowest BCUT2D eigenvalue weighted by atomic mass is 10.2. The first-order valence-corrected chi connectivity index (χ1v) is 5.62. The first kappa shape index (κ1) is 13.9. The molecule has 0 aliphatic carbocycles. The molecule has 0 radical (unpaired) electrons. The van der Waals surface area contributed by atoms with Crippen molar-refractivity contribution >= 4 is 21.8 Å². The Morgan fingerprint density at radius 1 is 1.53 bits per heavy atom. The van der Waals surface area contributed by atoms with Crippen LogP contribution in [0.2, 0.25) is 0 Å². The summed E-state index contributed by atoms with van der Waals surface area (Å²) in [6, 6.07) is 4.69. The number of rotatable bonds is 4. The number of nitrogens with zero attached hydrogens (tertiary/aromatic N) is 1. The SMILES string of the molecule is COc1ccc(C(=O)N(C)CC(F)F)cc1Br. The summed E-state index contributed by atoms with van der Waals surface area (Å²) < 4.78 is 29.9. The molecule has 0 heterocycles. The molecule has 0 aliphatic heterocycles. The highest BCUT2D eigenvalue weighted by atomic mass is 79.9. The van der Waals surface area contributed by atoms with E-state index in [1.807, 2.05) is 0 Å². The van der Waals surface area contributed by atoms with E-state index in [4.69, 9.17) is 4.74 Å². The van der Waals surface area contributed by atoms with E-state index in [9.17, 15) is 13.6 Å². The summed E-state index contributed by atoms with van der Waals surface area (Å²) in [6.45, 7) is -0.581. The Kier molecular flexibility index (Phi) is 4.86. The zero-order chi connectivity index (χ0) is 13.0. The van der Waals surface area contributed by atoms with Crippen LogP contribution in [0.1, 0.15) is 10.4 Å². The molecule has 0 aliphatic rings. The number of carbonyl (C=O) groups excluding carboxylic acids is 1. The van der Waals surface area contributed by atoms with Crippen LogP contribution in [0, 0.1) is 0 Å². The van der Waals surface area contributed by atoms with Crippen LogP contribution >= 0.6 is 15.9 Å². The number of ether oxygens (including phenoxy) is 1. The number of halogens is 3. The van der Waals surface area contributed by atoms with E-state index in [0.29, 0.717) is 15.8 Å². The first-order valence-electron chi connectivity index (χ1n) is 4.83. The van der Waals surface area contributed by atoms with Gasteiger partial charge in [0.15, 0.2) is 0 Å². The standard InChI is InChI=1S/C11H12BrF2NO2/c1-15(6-10(13)14)11(16)7-3-4-9(17-2)8(12)5-7/h3-5,10H,6H2,1-2H3. The summed E-state index contributed by atoms with van der Waals surface area (Å²) in [4.78, 5) is 12.7. The van der Waals surface area contributed by atoms with Gasteiger partial charge in [-0.25, -0.2) is 8.78 Å². The van der Waals surface area contributed by atoms with E-state index in [1.54, 1.807) is 12.1 Å². The second-order valence-corrected chi connectivity index (χ2v) is 4.28. The first-order chi connectivity index (χ1) is 7.95. The summed E-state index contributed by atoms with van der Waals surface area (Å²) in [5.74, 6) is 0.131. The van der Waals surface area contributed by atoms with Crippen molar-refractivity contribution in [1.29, 1.82) is 0 Å². The molecule has 0 saturated carbocycles. The van der Waals surface area contributed by atoms with Gasteiger partial charge < -0.3 is 9.64 Å². The number of benzene rings is 1. The highest BCUT2D eigenvalue weighted by molar-refractivity contribution is 9.10. The smallest absolute Gasteiger partial charge is 0.255 e. The van der Waals surface area contributed by atoms with E-state index < -0.39 is 18.9 Å². The van der Waals surface area contributed by atoms with Gasteiger partial charge in [0, 0.05) is 12.6 Å². The highest BCUT2D eigenvalue weighted by Gasteiger charge is 2.16. The molecule has 0 aromatic heterocycles. The summed E-state index contributed by atoms with van der Waals surface area (Å²) in [5.41, 5.74) is 0.334. The van der Waals surface area contributed by atoms with Crippen LogP contribution in [0.5, 0.6) is 5.75 Å². The fourth-order valence-corrected chi connectivity index (χ4v) is 1.85. The lowest BCUT2D eigenvalue weighted by Crippen LogP contribution is -2.31. The van der Waals surface area contributed by atoms with Gasteiger partial charge >= 0.3 is 0 Å². The normalized spacial score (nSPS) is 10.5. The minimum Gasteiger partial charge on any atom is -0.496 e. The second-order valence-electron chi connectivity index (χ2n) is 3.43. The van der Waals surface area contributed by atoms with Gasteiger partial charge in [-0.3, -0.25) is 4.79 Å². The van der Waals surface area contributed by atoms with E-state index in [-0.39, 0.29) is 0 Å². The summed E-state index contributed by atoms with van der Waals surface area (Å²) in [5, 5.41) is 0. The van der Waals surface area contributed by atoms with Gasteiger partial charge in [-0.1, -0.05) is 0 Å². The van der Waals surface area contributed by atoms with Crippen LogP contribution in [-0.4, -0.2) is 37.9 Å². The molecule has 1 amide bonds. The molecule has 0 N–H and O–H groups in total. The quantitative estimate of drug-likeness (QED) is 0.856. The molecule has 0 bridgehead atoms. The summed E-state index contributed by atoms with van der Waals surface area (Å²) in [7, 11) is 2.84. The third-order valence-corrected chi connectivity index (χ3v) is 2.78. The minimum atomic E-state index is -2.54. The molecule has 0 saturated heterocycles. The van der Waals surface area contributed by atoms with E-state index in [0.717, 1.165) is 4.90 Å². The lowest BCUT2D eigenvalue weighted by molar-refractivity contribution is 0.0620. The van der Waals surface area contributed by atoms with Crippen molar-refractivity contribution < 1.29 is 18.3 Å². The Morgan fingerprint density at radius 2 is 2.18 bits per heavy atom. The molecule has 94 valence electrons. The largest absolute Gasteiger partial charge is 0.496 e. The topological polar surface area (TPSA) is 29.5 Å². The van der Waals surface area contributed by atoms with Crippen LogP contribution in [0.3, 0.4) is 0 Å². The zero-order valence-electron chi connectivity index (χ0n) is 9.41. The molecular weight excluding hydrogens is 296 g/mol. The fourth-order valence-electron chi connectivity index (χ4n) is 1.31. The molecule has 17 heavy (non-hydrogen) atoms. The number of alkyl halides is 2. The van der Waals surface area contributed by atoms with Crippen LogP contribution < -0.4 is 4.74 Å². The van der Waals surface area contributed by atoms with Crippen LogP contribution in [0.4, 0.5) is 8.78 Å². The summed E-state index contributed by atoms with van der Waals surface area (Å²) >= 11 is 3.23. The predicted octanol–water partition coefficient (Wildman–Crippen LogP) is 2.79. The zero-order valence-corrected chi connectivity index (χ0v) is 11.0. The number of hydrogen-bond acceptors (Lipinski definition) is 2. The molecule has 1 rings (SSSR count). The van der Waals surface area contributed by atoms with E-state index in [2.05, 4.69) is 15.9 Å². The maximum atomic E-state index is 12.1. The monoisotopic (exact) mass is 307 g/mol.